The Balaban J connectivity index is 1.78. The van der Waals surface area contributed by atoms with Crippen LogP contribution in [0, 0.1) is 0 Å². The number of nitrogens with zero attached hydrogens (tertiary/aromatic N) is 2. The maximum atomic E-state index is 5.89. The summed E-state index contributed by atoms with van der Waals surface area (Å²) in [6.07, 6.45) is 1.82. The molecule has 0 N–H and O–H groups in total. The zero-order chi connectivity index (χ0) is 14.7. The van der Waals surface area contributed by atoms with Crippen LogP contribution in [0.15, 0.2) is 63.4 Å². The number of benzene rings is 2. The van der Waals surface area contributed by atoms with Gasteiger partial charge in [0.1, 0.15) is 0 Å². The van der Waals surface area contributed by atoms with Gasteiger partial charge in [-0.05, 0) is 29.8 Å². The van der Waals surface area contributed by atoms with E-state index in [9.17, 15) is 0 Å². The Morgan fingerprint density at radius 2 is 1.76 bits per heavy atom. The third-order valence-corrected chi connectivity index (χ3v) is 4.36. The lowest BCUT2D eigenvalue weighted by Gasteiger charge is -1.95. The predicted molar refractivity (Wildman–Crippen MR) is 94.0 cm³/mol. The molecule has 21 heavy (non-hydrogen) atoms. The van der Waals surface area contributed by atoms with Crippen molar-refractivity contribution in [2.75, 3.05) is 0 Å². The molecule has 0 atom stereocenters. The van der Waals surface area contributed by atoms with Crippen LogP contribution in [0.1, 0.15) is 5.56 Å². The topological polar surface area (TPSA) is 25.2 Å². The van der Waals surface area contributed by atoms with Crippen LogP contribution in [0.4, 0.5) is 5.13 Å². The molecule has 0 saturated carbocycles. The lowest BCUT2D eigenvalue weighted by molar-refractivity contribution is 1.36. The minimum absolute atomic E-state index is 0.725. The Hall–Kier alpha value is -1.49. The van der Waals surface area contributed by atoms with Crippen LogP contribution in [-0.2, 0) is 0 Å². The molecule has 3 rings (SSSR count). The number of halogens is 2. The number of rotatable bonds is 3. The largest absolute Gasteiger partial charge is 0.227 e. The standard InChI is InChI=1S/C16H10BrClN2S/c17-13-5-1-11(2-6-13)9-19-16-20-15(10-21-16)12-3-7-14(18)8-4-12/h1-10H/b19-9+. The first-order valence-corrected chi connectivity index (χ1v) is 8.27. The van der Waals surface area contributed by atoms with E-state index in [2.05, 4.69) is 25.9 Å². The molecule has 1 heterocycles. The van der Waals surface area contributed by atoms with E-state index >= 15 is 0 Å². The van der Waals surface area contributed by atoms with Gasteiger partial charge in [-0.1, -0.05) is 51.8 Å². The number of thiazole rings is 1. The highest BCUT2D eigenvalue weighted by atomic mass is 79.9. The first-order valence-electron chi connectivity index (χ1n) is 6.22. The highest BCUT2D eigenvalue weighted by molar-refractivity contribution is 9.10. The smallest absolute Gasteiger partial charge is 0.209 e. The summed E-state index contributed by atoms with van der Waals surface area (Å²) in [5.74, 6) is 0. The maximum Gasteiger partial charge on any atom is 0.209 e. The molecule has 0 unspecified atom stereocenters. The molecule has 0 fully saturated rings. The summed E-state index contributed by atoms with van der Waals surface area (Å²) in [5, 5.41) is 3.46. The lowest BCUT2D eigenvalue weighted by Crippen LogP contribution is -1.79. The van der Waals surface area contributed by atoms with Crippen LogP contribution >= 0.6 is 38.9 Å². The van der Waals surface area contributed by atoms with Crippen LogP contribution in [0.3, 0.4) is 0 Å². The first kappa shape index (κ1) is 14.4. The van der Waals surface area contributed by atoms with Gasteiger partial charge in [-0.25, -0.2) is 9.98 Å². The van der Waals surface area contributed by atoms with Gasteiger partial charge >= 0.3 is 0 Å². The Labute approximate surface area is 140 Å². The number of aromatic nitrogens is 1. The molecule has 104 valence electrons. The molecule has 0 amide bonds. The Kier molecular flexibility index (Phi) is 4.48. The van der Waals surface area contributed by atoms with E-state index in [-0.39, 0.29) is 0 Å². The predicted octanol–water partition coefficient (Wildman–Crippen LogP) is 5.98. The molecule has 1 aromatic heterocycles. The average molecular weight is 378 g/mol. The van der Waals surface area contributed by atoms with Crippen molar-refractivity contribution in [1.82, 2.24) is 4.98 Å². The molecule has 0 saturated heterocycles. The second-order valence-corrected chi connectivity index (χ2v) is 6.52. The molecule has 0 radical (unpaired) electrons. The van der Waals surface area contributed by atoms with Crippen LogP contribution in [0.5, 0.6) is 0 Å². The average Bonchev–Trinajstić information content (AvgIpc) is 2.96. The van der Waals surface area contributed by atoms with Crippen molar-refractivity contribution in [1.29, 1.82) is 0 Å². The van der Waals surface area contributed by atoms with Crippen LogP contribution in [0.25, 0.3) is 11.3 Å². The summed E-state index contributed by atoms with van der Waals surface area (Å²) in [6, 6.07) is 15.6. The van der Waals surface area contributed by atoms with Crippen molar-refractivity contribution < 1.29 is 0 Å². The van der Waals surface area contributed by atoms with E-state index in [1.165, 1.54) is 11.3 Å². The molecule has 0 aliphatic heterocycles. The van der Waals surface area contributed by atoms with Gasteiger partial charge in [-0.2, -0.15) is 0 Å². The summed E-state index contributed by atoms with van der Waals surface area (Å²) in [6.45, 7) is 0. The number of hydrogen-bond acceptors (Lipinski definition) is 3. The zero-order valence-corrected chi connectivity index (χ0v) is 14.0. The van der Waals surface area contributed by atoms with Gasteiger partial charge in [0, 0.05) is 26.7 Å². The number of aliphatic imine (C=N–C) groups is 1. The van der Waals surface area contributed by atoms with Crippen molar-refractivity contribution in [3.63, 3.8) is 0 Å². The highest BCUT2D eigenvalue weighted by Crippen LogP contribution is 2.27. The Bertz CT molecular complexity index is 764. The van der Waals surface area contributed by atoms with Crippen LogP contribution in [0.2, 0.25) is 5.02 Å². The quantitative estimate of drug-likeness (QED) is 0.516. The monoisotopic (exact) mass is 376 g/mol. The normalized spacial score (nSPS) is 11.1. The lowest BCUT2D eigenvalue weighted by atomic mass is 10.2. The van der Waals surface area contributed by atoms with Gasteiger partial charge in [-0.15, -0.1) is 11.3 Å². The van der Waals surface area contributed by atoms with E-state index in [4.69, 9.17) is 11.6 Å². The third kappa shape index (κ3) is 3.79. The van der Waals surface area contributed by atoms with Crippen molar-refractivity contribution in [2.24, 2.45) is 4.99 Å². The van der Waals surface area contributed by atoms with Crippen LogP contribution in [-0.4, -0.2) is 11.2 Å². The van der Waals surface area contributed by atoms with Gasteiger partial charge < -0.3 is 0 Å². The zero-order valence-electron chi connectivity index (χ0n) is 10.8. The van der Waals surface area contributed by atoms with Crippen molar-refractivity contribution in [3.05, 3.63) is 69.0 Å². The minimum Gasteiger partial charge on any atom is -0.227 e. The molecule has 2 nitrogen and oxygen atoms in total. The van der Waals surface area contributed by atoms with Crippen LogP contribution < -0.4 is 0 Å². The van der Waals surface area contributed by atoms with Crippen molar-refractivity contribution >= 4 is 50.2 Å². The minimum atomic E-state index is 0.725. The fourth-order valence-corrected chi connectivity index (χ4v) is 2.82. The van der Waals surface area contributed by atoms with Gasteiger partial charge in [0.2, 0.25) is 5.13 Å². The fraction of sp³-hybridized carbons (Fsp3) is 0. The second-order valence-electron chi connectivity index (χ2n) is 4.33. The highest BCUT2D eigenvalue weighted by Gasteiger charge is 2.03. The molecule has 0 bridgehead atoms. The summed E-state index contributed by atoms with van der Waals surface area (Å²) in [7, 11) is 0. The molecule has 0 spiro atoms. The van der Waals surface area contributed by atoms with Gasteiger partial charge in [0.15, 0.2) is 0 Å². The summed E-state index contributed by atoms with van der Waals surface area (Å²) < 4.78 is 1.05. The Morgan fingerprint density at radius 3 is 2.48 bits per heavy atom. The summed E-state index contributed by atoms with van der Waals surface area (Å²) >= 11 is 10.8. The molecular weight excluding hydrogens is 368 g/mol. The van der Waals surface area contributed by atoms with E-state index in [1.807, 2.05) is 60.1 Å². The van der Waals surface area contributed by atoms with E-state index in [0.29, 0.717) is 0 Å². The van der Waals surface area contributed by atoms with E-state index < -0.39 is 0 Å². The molecular formula is C16H10BrClN2S. The SMILES string of the molecule is Clc1ccc(-c2csc(/N=C/c3ccc(Br)cc3)n2)cc1. The van der Waals surface area contributed by atoms with Crippen molar-refractivity contribution in [3.8, 4) is 11.3 Å². The molecule has 0 aliphatic rings. The number of hydrogen-bond donors (Lipinski definition) is 0. The first-order chi connectivity index (χ1) is 10.2. The maximum absolute atomic E-state index is 5.89. The van der Waals surface area contributed by atoms with Gasteiger partial charge in [-0.3, -0.25) is 0 Å². The fourth-order valence-electron chi connectivity index (χ4n) is 1.76. The summed E-state index contributed by atoms with van der Waals surface area (Å²) in [5.41, 5.74) is 3.00. The molecule has 5 heteroatoms. The van der Waals surface area contributed by atoms with E-state index in [0.717, 1.165) is 31.4 Å². The molecule has 0 aliphatic carbocycles. The molecule has 3 aromatic rings. The van der Waals surface area contributed by atoms with Gasteiger partial charge in [0.25, 0.3) is 0 Å². The summed E-state index contributed by atoms with van der Waals surface area (Å²) in [4.78, 5) is 8.92. The second kappa shape index (κ2) is 6.52. The Morgan fingerprint density at radius 1 is 1.05 bits per heavy atom. The van der Waals surface area contributed by atoms with E-state index in [1.54, 1.807) is 0 Å². The van der Waals surface area contributed by atoms with Gasteiger partial charge in [0.05, 0.1) is 5.69 Å². The van der Waals surface area contributed by atoms with Crippen molar-refractivity contribution in [2.45, 2.75) is 0 Å². The molecule has 2 aromatic carbocycles. The third-order valence-electron chi connectivity index (χ3n) is 2.83.